The molecule has 1 saturated heterocycles. The first-order chi connectivity index (χ1) is 21.9. The molecule has 0 aliphatic carbocycles. The predicted molar refractivity (Wildman–Crippen MR) is 183 cm³/mol. The Morgan fingerprint density at radius 3 is 2.43 bits per heavy atom. The lowest BCUT2D eigenvalue weighted by atomic mass is 9.89. The number of carbonyl (C=O) groups excluding carboxylic acids is 2. The highest BCUT2D eigenvalue weighted by atomic mass is 32.1. The van der Waals surface area contributed by atoms with Crippen LogP contribution >= 0.6 is 11.3 Å². The summed E-state index contributed by atoms with van der Waals surface area (Å²) in [7, 11) is 5.02. The minimum Gasteiger partial charge on any atom is -0.379 e. The highest BCUT2D eigenvalue weighted by molar-refractivity contribution is 7.09. The summed E-state index contributed by atoms with van der Waals surface area (Å²) in [6.07, 6.45) is 3.23. The van der Waals surface area contributed by atoms with Gasteiger partial charge in [-0.25, -0.2) is 4.98 Å². The van der Waals surface area contributed by atoms with E-state index in [1.54, 1.807) is 43.7 Å². The second-order valence-electron chi connectivity index (χ2n) is 13.2. The molecule has 1 aromatic heterocycles. The molecule has 2 heterocycles. The van der Waals surface area contributed by atoms with Crippen molar-refractivity contribution >= 4 is 23.2 Å². The van der Waals surface area contributed by atoms with Crippen molar-refractivity contribution < 1.29 is 24.2 Å². The third-order valence-electron chi connectivity index (χ3n) is 9.78. The van der Waals surface area contributed by atoms with E-state index in [9.17, 15) is 14.7 Å². The van der Waals surface area contributed by atoms with Crippen LogP contribution in [-0.2, 0) is 25.5 Å². The number of benzene rings is 1. The van der Waals surface area contributed by atoms with Gasteiger partial charge in [0.25, 0.3) is 0 Å². The van der Waals surface area contributed by atoms with E-state index in [1.807, 2.05) is 49.3 Å². The zero-order chi connectivity index (χ0) is 34.0. The van der Waals surface area contributed by atoms with Gasteiger partial charge >= 0.3 is 0 Å². The summed E-state index contributed by atoms with van der Waals surface area (Å²) in [5, 5.41) is 17.8. The molecule has 0 saturated carbocycles. The zero-order valence-corrected chi connectivity index (χ0v) is 29.8. The Labute approximate surface area is 280 Å². The van der Waals surface area contributed by atoms with Crippen LogP contribution in [0.2, 0.25) is 0 Å². The van der Waals surface area contributed by atoms with Crippen LogP contribution < -0.4 is 11.1 Å². The van der Waals surface area contributed by atoms with E-state index < -0.39 is 24.5 Å². The molecule has 1 aromatic carbocycles. The summed E-state index contributed by atoms with van der Waals surface area (Å²) in [5.74, 6) is -0.428. The number of aliphatic hydroxyl groups excluding tert-OH is 1. The van der Waals surface area contributed by atoms with Gasteiger partial charge in [-0.05, 0) is 36.7 Å². The number of nitrogens with zero attached hydrogens (tertiary/aromatic N) is 3. The molecule has 11 heteroatoms. The van der Waals surface area contributed by atoms with Gasteiger partial charge in [0.2, 0.25) is 11.8 Å². The summed E-state index contributed by atoms with van der Waals surface area (Å²) in [5.41, 5.74) is 7.39. The number of amides is 2. The van der Waals surface area contributed by atoms with Crippen molar-refractivity contribution in [3.05, 3.63) is 52.5 Å². The molecule has 0 radical (unpaired) electrons. The van der Waals surface area contributed by atoms with Crippen LogP contribution in [0.15, 0.2) is 41.9 Å². The second-order valence-corrected chi connectivity index (χ2v) is 14.1. The second kappa shape index (κ2) is 18.2. The van der Waals surface area contributed by atoms with Crippen molar-refractivity contribution in [2.45, 2.75) is 109 Å². The standard InChI is InChI=1S/C35H57N5O5S/c1-9-23(4)31(39(6)35(43)30(36)22(2)3)28(44-7)21-29(41)40-18-13-16-27(40)32(45-8)24(5)33(42)38-26(34-37-17-19-46-34)20-25-14-11-10-12-15-25/h10-12,14-15,17,19,22-24,26-28,30-33,38,42H,9,13,16,18,20-21,36H2,1-8H3/t23-,24+,26-,27?,28?,30-,31-,32+,33?/m0/s1. The molecule has 0 bridgehead atoms. The molecule has 1 fully saturated rings. The predicted octanol–water partition coefficient (Wildman–Crippen LogP) is 4.24. The van der Waals surface area contributed by atoms with E-state index in [1.165, 1.54) is 0 Å². The van der Waals surface area contributed by atoms with E-state index in [2.05, 4.69) is 36.3 Å². The van der Waals surface area contributed by atoms with Crippen molar-refractivity contribution in [2.24, 2.45) is 23.5 Å². The lowest BCUT2D eigenvalue weighted by Crippen LogP contribution is -2.56. The minimum atomic E-state index is -0.897. The SMILES string of the molecule is CC[C@H](C)[C@@H](C(CC(=O)N1CCCC1[C@H](OC)[C@@H](C)C(O)N[C@@H](Cc1ccccc1)c1nccs1)OC)N(C)C(=O)[C@@H](N)C(C)C. The first-order valence-corrected chi connectivity index (χ1v) is 17.6. The van der Waals surface area contributed by atoms with Crippen molar-refractivity contribution in [1.29, 1.82) is 0 Å². The fourth-order valence-electron chi connectivity index (χ4n) is 6.72. The fourth-order valence-corrected chi connectivity index (χ4v) is 7.41. The number of aromatic nitrogens is 1. The van der Waals surface area contributed by atoms with Gasteiger partial charge in [0.15, 0.2) is 0 Å². The average molecular weight is 660 g/mol. The maximum Gasteiger partial charge on any atom is 0.239 e. The molecule has 10 nitrogen and oxygen atoms in total. The molecule has 2 amide bonds. The third kappa shape index (κ3) is 9.58. The zero-order valence-electron chi connectivity index (χ0n) is 29.0. The molecule has 9 atom stereocenters. The number of nitrogens with one attached hydrogen (secondary N) is 1. The summed E-state index contributed by atoms with van der Waals surface area (Å²) in [4.78, 5) is 35.4. The van der Waals surface area contributed by atoms with Crippen LogP contribution in [-0.4, -0.2) is 96.1 Å². The Bertz CT molecular complexity index is 1190. The molecule has 1 aliphatic rings. The first-order valence-electron chi connectivity index (χ1n) is 16.7. The number of rotatable bonds is 18. The Kier molecular flexibility index (Phi) is 15.1. The van der Waals surface area contributed by atoms with Crippen molar-refractivity contribution in [2.75, 3.05) is 27.8 Å². The van der Waals surface area contributed by atoms with Crippen LogP contribution in [0.4, 0.5) is 0 Å². The van der Waals surface area contributed by atoms with Crippen molar-refractivity contribution in [3.63, 3.8) is 0 Å². The number of thiazole rings is 1. The van der Waals surface area contributed by atoms with Gasteiger partial charge in [0, 0.05) is 45.3 Å². The molecule has 2 aromatic rings. The van der Waals surface area contributed by atoms with E-state index in [0.717, 1.165) is 29.8 Å². The summed E-state index contributed by atoms with van der Waals surface area (Å²) in [6, 6.07) is 8.83. The number of carbonyl (C=O) groups is 2. The van der Waals surface area contributed by atoms with Gasteiger partial charge in [-0.15, -0.1) is 11.3 Å². The molecule has 46 heavy (non-hydrogen) atoms. The Morgan fingerprint density at radius 1 is 1.17 bits per heavy atom. The normalized spacial score (nSPS) is 20.5. The largest absolute Gasteiger partial charge is 0.379 e. The molecule has 258 valence electrons. The van der Waals surface area contributed by atoms with Gasteiger partial charge in [-0.2, -0.15) is 0 Å². The van der Waals surface area contributed by atoms with Crippen LogP contribution in [0.5, 0.6) is 0 Å². The summed E-state index contributed by atoms with van der Waals surface area (Å²) in [6.45, 7) is 10.6. The number of aliphatic hydroxyl groups is 1. The van der Waals surface area contributed by atoms with Gasteiger partial charge < -0.3 is 30.1 Å². The maximum atomic E-state index is 14.0. The number of hydrogen-bond donors (Lipinski definition) is 3. The van der Waals surface area contributed by atoms with Gasteiger partial charge in [0.05, 0.1) is 42.8 Å². The fraction of sp³-hybridized carbons (Fsp3) is 0.686. The number of likely N-dealkylation sites (tertiary alicyclic amines) is 1. The highest BCUT2D eigenvalue weighted by Crippen LogP contribution is 2.31. The van der Waals surface area contributed by atoms with Gasteiger partial charge in [-0.1, -0.05) is 71.4 Å². The number of methoxy groups -OCH3 is 2. The molecule has 3 unspecified atom stereocenters. The Balaban J connectivity index is 1.75. The highest BCUT2D eigenvalue weighted by Gasteiger charge is 2.42. The minimum absolute atomic E-state index is 0.00600. The van der Waals surface area contributed by atoms with E-state index in [-0.39, 0.29) is 54.1 Å². The first kappa shape index (κ1) is 38.0. The summed E-state index contributed by atoms with van der Waals surface area (Å²) < 4.78 is 12.0. The molecule has 4 N–H and O–H groups in total. The van der Waals surface area contributed by atoms with Gasteiger partial charge in [0.1, 0.15) is 11.2 Å². The number of nitrogens with two attached hydrogens (primary N) is 1. The molecule has 0 spiro atoms. The van der Waals surface area contributed by atoms with Crippen LogP contribution in [0.25, 0.3) is 0 Å². The smallest absolute Gasteiger partial charge is 0.239 e. The van der Waals surface area contributed by atoms with E-state index >= 15 is 0 Å². The summed E-state index contributed by atoms with van der Waals surface area (Å²) >= 11 is 1.56. The number of ether oxygens (including phenoxy) is 2. The van der Waals surface area contributed by atoms with E-state index in [0.29, 0.717) is 13.0 Å². The van der Waals surface area contributed by atoms with Gasteiger partial charge in [-0.3, -0.25) is 14.9 Å². The Hall–Kier alpha value is -2.41. The quantitative estimate of drug-likeness (QED) is 0.203. The van der Waals surface area contributed by atoms with Crippen LogP contribution in [0, 0.1) is 17.8 Å². The number of likely N-dealkylation sites (N-methyl/N-ethyl adjacent to an activating group) is 1. The van der Waals surface area contributed by atoms with Crippen molar-refractivity contribution in [3.8, 4) is 0 Å². The average Bonchev–Trinajstić information content (AvgIpc) is 3.77. The monoisotopic (exact) mass is 659 g/mol. The lowest BCUT2D eigenvalue weighted by Gasteiger charge is -2.40. The number of hydrogen-bond acceptors (Lipinski definition) is 9. The maximum absolute atomic E-state index is 14.0. The topological polar surface area (TPSA) is 130 Å². The molecule has 3 rings (SSSR count). The van der Waals surface area contributed by atoms with E-state index in [4.69, 9.17) is 15.2 Å². The Morgan fingerprint density at radius 2 is 1.87 bits per heavy atom. The third-order valence-corrected chi connectivity index (χ3v) is 10.7. The molecule has 1 aliphatic heterocycles. The van der Waals surface area contributed by atoms with Crippen LogP contribution in [0.3, 0.4) is 0 Å². The molecular weight excluding hydrogens is 602 g/mol. The van der Waals surface area contributed by atoms with Crippen molar-refractivity contribution in [1.82, 2.24) is 20.1 Å². The lowest BCUT2D eigenvalue weighted by molar-refractivity contribution is -0.146. The molecular formula is C35H57N5O5S. The van der Waals surface area contributed by atoms with Crippen LogP contribution in [0.1, 0.15) is 76.9 Å².